The van der Waals surface area contributed by atoms with E-state index in [9.17, 15) is 4.79 Å². The van der Waals surface area contributed by atoms with Crippen LogP contribution in [-0.4, -0.2) is 17.7 Å². The molecule has 0 aliphatic rings. The molecule has 0 heterocycles. The van der Waals surface area contributed by atoms with E-state index in [1.807, 2.05) is 24.3 Å². The summed E-state index contributed by atoms with van der Waals surface area (Å²) >= 11 is 0. The van der Waals surface area contributed by atoms with Gasteiger partial charge < -0.3 is 9.84 Å². The van der Waals surface area contributed by atoms with Crippen molar-refractivity contribution in [3.8, 4) is 5.75 Å². The second-order valence-corrected chi connectivity index (χ2v) is 5.67. The maximum absolute atomic E-state index is 10.4. The number of aliphatic carboxylic acids is 1. The molecule has 0 amide bonds. The number of hydrogen-bond acceptors (Lipinski definition) is 2. The number of benzene rings is 1. The Morgan fingerprint density at radius 2 is 1.75 bits per heavy atom. The summed E-state index contributed by atoms with van der Waals surface area (Å²) < 4.78 is 5.10. The van der Waals surface area contributed by atoms with Crippen molar-refractivity contribution in [1.29, 1.82) is 0 Å². The fraction of sp³-hybridized carbons (Fsp3) is 0.588. The summed E-state index contributed by atoms with van der Waals surface area (Å²) in [5, 5.41) is 8.53. The molecule has 1 aromatic rings. The van der Waals surface area contributed by atoms with Crippen molar-refractivity contribution in [2.75, 3.05) is 6.61 Å². The van der Waals surface area contributed by atoms with Crippen LogP contribution in [0.4, 0.5) is 0 Å². The summed E-state index contributed by atoms with van der Waals surface area (Å²) in [5.41, 5.74) is 1.29. The fourth-order valence-electron chi connectivity index (χ4n) is 2.13. The van der Waals surface area contributed by atoms with E-state index in [0.29, 0.717) is 5.75 Å². The highest BCUT2D eigenvalue weighted by Gasteiger charge is 2.00. The first-order chi connectivity index (χ1) is 9.58. The summed E-state index contributed by atoms with van der Waals surface area (Å²) in [5.74, 6) is 0.483. The Balaban J connectivity index is 2.16. The van der Waals surface area contributed by atoms with Gasteiger partial charge in [0.1, 0.15) is 5.75 Å². The topological polar surface area (TPSA) is 46.5 Å². The van der Waals surface area contributed by atoms with Crippen LogP contribution < -0.4 is 4.74 Å². The van der Waals surface area contributed by atoms with E-state index in [4.69, 9.17) is 9.84 Å². The van der Waals surface area contributed by atoms with Gasteiger partial charge in [-0.2, -0.15) is 0 Å². The second kappa shape index (κ2) is 9.40. The molecular weight excluding hydrogens is 252 g/mol. The Bertz CT molecular complexity index is 382. The summed E-state index contributed by atoms with van der Waals surface area (Å²) in [4.78, 5) is 10.4. The van der Waals surface area contributed by atoms with Gasteiger partial charge in [-0.15, -0.1) is 0 Å². The quantitative estimate of drug-likeness (QED) is 0.649. The van der Waals surface area contributed by atoms with Gasteiger partial charge in [0.2, 0.25) is 0 Å². The van der Waals surface area contributed by atoms with Gasteiger partial charge in [-0.1, -0.05) is 51.7 Å². The van der Waals surface area contributed by atoms with E-state index >= 15 is 0 Å². The molecule has 1 aromatic carbocycles. The predicted molar refractivity (Wildman–Crippen MR) is 81.2 cm³/mol. The average molecular weight is 278 g/mol. The normalized spacial score (nSPS) is 10.8. The first-order valence-electron chi connectivity index (χ1n) is 7.51. The molecule has 0 bridgehead atoms. The maximum atomic E-state index is 10.4. The van der Waals surface area contributed by atoms with Crippen LogP contribution in [0.3, 0.4) is 0 Å². The molecule has 112 valence electrons. The van der Waals surface area contributed by atoms with Crippen LogP contribution >= 0.6 is 0 Å². The molecule has 0 unspecified atom stereocenters. The molecule has 0 saturated carbocycles. The summed E-state index contributed by atoms with van der Waals surface area (Å²) in [6, 6.07) is 7.73. The van der Waals surface area contributed by atoms with Crippen molar-refractivity contribution in [2.24, 2.45) is 5.92 Å². The third kappa shape index (κ3) is 7.82. The summed E-state index contributed by atoms with van der Waals surface area (Å²) in [6.07, 6.45) is 7.56. The standard InChI is InChI=1S/C17H26O3/c1-14(2)7-5-3-4-6-8-15-9-11-16(12-10-15)20-13-17(18)19/h9-12,14H,3-8,13H2,1-2H3,(H,18,19). The van der Waals surface area contributed by atoms with Crippen LogP contribution in [0.15, 0.2) is 24.3 Å². The summed E-state index contributed by atoms with van der Waals surface area (Å²) in [6.45, 7) is 4.26. The van der Waals surface area contributed by atoms with Crippen LogP contribution in [-0.2, 0) is 11.2 Å². The highest BCUT2D eigenvalue weighted by Crippen LogP contribution is 2.15. The van der Waals surface area contributed by atoms with Crippen LogP contribution in [0.25, 0.3) is 0 Å². The number of carboxylic acid groups (broad SMARTS) is 1. The molecule has 0 atom stereocenters. The minimum Gasteiger partial charge on any atom is -0.482 e. The Labute approximate surface area is 122 Å². The number of carboxylic acids is 1. The lowest BCUT2D eigenvalue weighted by Crippen LogP contribution is -2.09. The van der Waals surface area contributed by atoms with Crippen molar-refractivity contribution in [3.63, 3.8) is 0 Å². The predicted octanol–water partition coefficient (Wildman–Crippen LogP) is 4.30. The molecule has 3 heteroatoms. The van der Waals surface area contributed by atoms with Gasteiger partial charge in [-0.3, -0.25) is 0 Å². The molecule has 0 aromatic heterocycles. The first kappa shape index (κ1) is 16.5. The largest absolute Gasteiger partial charge is 0.482 e. The smallest absolute Gasteiger partial charge is 0.341 e. The van der Waals surface area contributed by atoms with Crippen LogP contribution in [0.5, 0.6) is 5.75 Å². The molecular formula is C17H26O3. The number of hydrogen-bond donors (Lipinski definition) is 1. The van der Waals surface area contributed by atoms with E-state index in [-0.39, 0.29) is 6.61 Å². The first-order valence-corrected chi connectivity index (χ1v) is 7.51. The highest BCUT2D eigenvalue weighted by molar-refractivity contribution is 5.68. The average Bonchev–Trinajstić information content (AvgIpc) is 2.41. The lowest BCUT2D eigenvalue weighted by molar-refractivity contribution is -0.139. The number of unbranched alkanes of at least 4 members (excludes halogenated alkanes) is 3. The molecule has 0 aliphatic heterocycles. The zero-order chi connectivity index (χ0) is 14.8. The van der Waals surface area contributed by atoms with Crippen molar-refractivity contribution >= 4 is 5.97 Å². The lowest BCUT2D eigenvalue weighted by Gasteiger charge is -2.06. The number of rotatable bonds is 10. The molecule has 0 fully saturated rings. The molecule has 20 heavy (non-hydrogen) atoms. The summed E-state index contributed by atoms with van der Waals surface area (Å²) in [7, 11) is 0. The zero-order valence-corrected chi connectivity index (χ0v) is 12.6. The van der Waals surface area contributed by atoms with Crippen molar-refractivity contribution in [1.82, 2.24) is 0 Å². The maximum Gasteiger partial charge on any atom is 0.341 e. The van der Waals surface area contributed by atoms with Crippen molar-refractivity contribution in [3.05, 3.63) is 29.8 Å². The number of ether oxygens (including phenoxy) is 1. The molecule has 0 saturated heterocycles. The number of carbonyl (C=O) groups is 1. The van der Waals surface area contributed by atoms with Gasteiger partial charge in [0.05, 0.1) is 0 Å². The lowest BCUT2D eigenvalue weighted by atomic mass is 10.0. The Kier molecular flexibility index (Phi) is 7.78. The van der Waals surface area contributed by atoms with Crippen molar-refractivity contribution in [2.45, 2.75) is 52.4 Å². The second-order valence-electron chi connectivity index (χ2n) is 5.67. The van der Waals surface area contributed by atoms with Crippen LogP contribution in [0, 0.1) is 5.92 Å². The molecule has 1 N–H and O–H groups in total. The van der Waals surface area contributed by atoms with E-state index < -0.39 is 5.97 Å². The SMILES string of the molecule is CC(C)CCCCCCc1ccc(OCC(=O)O)cc1. The molecule has 1 rings (SSSR count). The third-order valence-corrected chi connectivity index (χ3v) is 3.28. The van der Waals surface area contributed by atoms with Gasteiger partial charge in [-0.05, 0) is 36.5 Å². The Morgan fingerprint density at radius 3 is 2.35 bits per heavy atom. The zero-order valence-electron chi connectivity index (χ0n) is 12.6. The van der Waals surface area contributed by atoms with Crippen molar-refractivity contribution < 1.29 is 14.6 Å². The van der Waals surface area contributed by atoms with Gasteiger partial charge in [0, 0.05) is 0 Å². The van der Waals surface area contributed by atoms with E-state index in [2.05, 4.69) is 13.8 Å². The monoisotopic (exact) mass is 278 g/mol. The fourth-order valence-corrected chi connectivity index (χ4v) is 2.13. The van der Waals surface area contributed by atoms with Gasteiger partial charge in [0.25, 0.3) is 0 Å². The molecule has 3 nitrogen and oxygen atoms in total. The molecule has 0 spiro atoms. The van der Waals surface area contributed by atoms with Crippen LogP contribution in [0.2, 0.25) is 0 Å². The Morgan fingerprint density at radius 1 is 1.10 bits per heavy atom. The van der Waals surface area contributed by atoms with Gasteiger partial charge in [0.15, 0.2) is 6.61 Å². The number of aryl methyl sites for hydroxylation is 1. The van der Waals surface area contributed by atoms with Crippen LogP contribution in [0.1, 0.15) is 51.5 Å². The highest BCUT2D eigenvalue weighted by atomic mass is 16.5. The molecule has 0 aliphatic carbocycles. The van der Waals surface area contributed by atoms with Gasteiger partial charge >= 0.3 is 5.97 Å². The Hall–Kier alpha value is -1.51. The minimum atomic E-state index is -0.949. The molecule has 0 radical (unpaired) electrons. The van der Waals surface area contributed by atoms with E-state index in [1.54, 1.807) is 0 Å². The van der Waals surface area contributed by atoms with Gasteiger partial charge in [-0.25, -0.2) is 4.79 Å². The van der Waals surface area contributed by atoms with E-state index in [0.717, 1.165) is 12.3 Å². The van der Waals surface area contributed by atoms with E-state index in [1.165, 1.54) is 37.7 Å². The third-order valence-electron chi connectivity index (χ3n) is 3.28. The minimum absolute atomic E-state index is 0.283.